The predicted octanol–water partition coefficient (Wildman–Crippen LogP) is 3.58. The standard InChI is InChI=1S/C21H20BrN5/c1-2-7-27-8-6-18-17(11-27)19(14-4-3-5-15(22)9-14)16(10-23)20(26)21(18,12-24)13-25/h3-6,9,17,19H,2,7-8,11,26H2,1H3/t17-,19-/m0/s1. The van der Waals surface area contributed by atoms with Crippen molar-refractivity contribution in [2.45, 2.75) is 19.3 Å². The maximum Gasteiger partial charge on any atom is 0.204 e. The SMILES string of the molecule is CCCN1CC=C2[C@H](C1)[C@@H](c1cccc(Br)c1)C(C#N)=C(N)C2(C#N)C#N. The third kappa shape index (κ3) is 3.04. The summed E-state index contributed by atoms with van der Waals surface area (Å²) < 4.78 is 0.917. The van der Waals surface area contributed by atoms with E-state index in [0.717, 1.165) is 28.6 Å². The van der Waals surface area contributed by atoms with Gasteiger partial charge in [0.05, 0.1) is 29.5 Å². The highest BCUT2D eigenvalue weighted by atomic mass is 79.9. The molecule has 0 amide bonds. The molecule has 1 heterocycles. The molecule has 2 atom stereocenters. The van der Waals surface area contributed by atoms with E-state index >= 15 is 0 Å². The molecule has 0 spiro atoms. The zero-order chi connectivity index (χ0) is 19.6. The number of hydrogen-bond donors (Lipinski definition) is 1. The van der Waals surface area contributed by atoms with Crippen LogP contribution in [0.15, 0.2) is 51.7 Å². The highest BCUT2D eigenvalue weighted by molar-refractivity contribution is 9.10. The van der Waals surface area contributed by atoms with Crippen molar-refractivity contribution in [3.63, 3.8) is 0 Å². The Kier molecular flexibility index (Phi) is 5.38. The molecular weight excluding hydrogens is 402 g/mol. The van der Waals surface area contributed by atoms with E-state index in [9.17, 15) is 15.8 Å². The fourth-order valence-corrected chi connectivity index (χ4v) is 4.69. The minimum Gasteiger partial charge on any atom is -0.399 e. The van der Waals surface area contributed by atoms with Crippen LogP contribution in [-0.2, 0) is 0 Å². The van der Waals surface area contributed by atoms with E-state index in [1.807, 2.05) is 30.3 Å². The van der Waals surface area contributed by atoms with Crippen molar-refractivity contribution < 1.29 is 0 Å². The number of rotatable bonds is 3. The van der Waals surface area contributed by atoms with E-state index in [1.165, 1.54) is 0 Å². The molecule has 2 aliphatic rings. The lowest BCUT2D eigenvalue weighted by Crippen LogP contribution is -2.47. The number of hydrogen-bond acceptors (Lipinski definition) is 5. The Labute approximate surface area is 168 Å². The molecule has 0 aromatic heterocycles. The quantitative estimate of drug-likeness (QED) is 0.751. The summed E-state index contributed by atoms with van der Waals surface area (Å²) in [6, 6.07) is 14.3. The van der Waals surface area contributed by atoms with E-state index in [2.05, 4.69) is 46.0 Å². The second-order valence-corrected chi connectivity index (χ2v) is 7.89. The molecule has 0 radical (unpaired) electrons. The van der Waals surface area contributed by atoms with Crippen LogP contribution in [0.3, 0.4) is 0 Å². The minimum atomic E-state index is -1.56. The molecule has 1 aromatic rings. The lowest BCUT2D eigenvalue weighted by molar-refractivity contribution is 0.225. The summed E-state index contributed by atoms with van der Waals surface area (Å²) in [4.78, 5) is 2.30. The van der Waals surface area contributed by atoms with Crippen molar-refractivity contribution in [1.82, 2.24) is 4.90 Å². The molecule has 2 N–H and O–H groups in total. The van der Waals surface area contributed by atoms with Crippen molar-refractivity contribution in [1.29, 1.82) is 15.8 Å². The number of allylic oxidation sites excluding steroid dienone is 2. The van der Waals surface area contributed by atoms with Gasteiger partial charge in [0.1, 0.15) is 0 Å². The predicted molar refractivity (Wildman–Crippen MR) is 106 cm³/mol. The van der Waals surface area contributed by atoms with Gasteiger partial charge in [-0.15, -0.1) is 0 Å². The van der Waals surface area contributed by atoms with Crippen LogP contribution in [0.1, 0.15) is 24.8 Å². The van der Waals surface area contributed by atoms with Crippen LogP contribution in [0.4, 0.5) is 0 Å². The minimum absolute atomic E-state index is 0.0754. The Morgan fingerprint density at radius 2 is 2.04 bits per heavy atom. The smallest absolute Gasteiger partial charge is 0.204 e. The van der Waals surface area contributed by atoms with Gasteiger partial charge in [0, 0.05) is 29.4 Å². The molecule has 0 bridgehead atoms. The second kappa shape index (κ2) is 7.57. The molecule has 1 aliphatic heterocycles. The molecule has 0 unspecified atom stereocenters. The van der Waals surface area contributed by atoms with Crippen molar-refractivity contribution in [2.75, 3.05) is 19.6 Å². The number of nitrogens with zero attached hydrogens (tertiary/aromatic N) is 4. The first-order chi connectivity index (χ1) is 13.0. The Hall–Kier alpha value is -2.59. The zero-order valence-corrected chi connectivity index (χ0v) is 16.7. The highest BCUT2D eigenvalue weighted by Gasteiger charge is 2.52. The summed E-state index contributed by atoms with van der Waals surface area (Å²) >= 11 is 3.50. The number of nitriles is 3. The molecule has 0 saturated heterocycles. The number of fused-ring (bicyclic) bond motifs is 1. The van der Waals surface area contributed by atoms with Crippen molar-refractivity contribution in [3.05, 3.63) is 57.2 Å². The summed E-state index contributed by atoms with van der Waals surface area (Å²) in [7, 11) is 0. The first kappa shape index (κ1) is 19.2. The molecule has 1 aromatic carbocycles. The van der Waals surface area contributed by atoms with Crippen LogP contribution in [-0.4, -0.2) is 24.5 Å². The molecule has 27 heavy (non-hydrogen) atoms. The van der Waals surface area contributed by atoms with Gasteiger partial charge in [0.25, 0.3) is 0 Å². The van der Waals surface area contributed by atoms with Gasteiger partial charge in [-0.25, -0.2) is 0 Å². The van der Waals surface area contributed by atoms with Gasteiger partial charge >= 0.3 is 0 Å². The first-order valence-electron chi connectivity index (χ1n) is 8.93. The van der Waals surface area contributed by atoms with Crippen molar-refractivity contribution >= 4 is 15.9 Å². The van der Waals surface area contributed by atoms with Crippen LogP contribution in [0.2, 0.25) is 0 Å². The van der Waals surface area contributed by atoms with Crippen molar-refractivity contribution in [3.8, 4) is 18.2 Å². The van der Waals surface area contributed by atoms with Gasteiger partial charge < -0.3 is 5.73 Å². The van der Waals surface area contributed by atoms with Gasteiger partial charge in [-0.05, 0) is 36.2 Å². The van der Waals surface area contributed by atoms with Gasteiger partial charge in [0.2, 0.25) is 5.41 Å². The highest BCUT2D eigenvalue weighted by Crippen LogP contribution is 2.52. The summed E-state index contributed by atoms with van der Waals surface area (Å²) in [5.74, 6) is -0.408. The zero-order valence-electron chi connectivity index (χ0n) is 15.1. The van der Waals surface area contributed by atoms with Gasteiger partial charge in [0.15, 0.2) is 0 Å². The number of nitrogens with two attached hydrogens (primary N) is 1. The van der Waals surface area contributed by atoms with Crippen LogP contribution in [0.5, 0.6) is 0 Å². The second-order valence-electron chi connectivity index (χ2n) is 6.97. The lowest BCUT2D eigenvalue weighted by atomic mass is 9.60. The topological polar surface area (TPSA) is 101 Å². The Morgan fingerprint density at radius 3 is 2.63 bits per heavy atom. The van der Waals surface area contributed by atoms with E-state index in [0.29, 0.717) is 18.7 Å². The largest absolute Gasteiger partial charge is 0.399 e. The van der Waals surface area contributed by atoms with E-state index < -0.39 is 5.41 Å². The summed E-state index contributed by atoms with van der Waals surface area (Å²) in [5.41, 5.74) is 6.85. The molecule has 0 saturated carbocycles. The Bertz CT molecular complexity index is 927. The average Bonchev–Trinajstić information content (AvgIpc) is 2.68. The van der Waals surface area contributed by atoms with Crippen LogP contribution in [0, 0.1) is 45.3 Å². The molecule has 5 nitrogen and oxygen atoms in total. The molecule has 6 heteroatoms. The maximum atomic E-state index is 9.89. The Balaban J connectivity index is 2.26. The van der Waals surface area contributed by atoms with E-state index in [1.54, 1.807) is 0 Å². The summed E-state index contributed by atoms with van der Waals surface area (Å²) in [5, 5.41) is 29.6. The number of benzene rings is 1. The summed E-state index contributed by atoms with van der Waals surface area (Å²) in [6.07, 6.45) is 2.99. The van der Waals surface area contributed by atoms with E-state index in [4.69, 9.17) is 5.73 Å². The third-order valence-electron chi connectivity index (χ3n) is 5.47. The lowest BCUT2D eigenvalue weighted by Gasteiger charge is -2.45. The van der Waals surface area contributed by atoms with Gasteiger partial charge in [-0.2, -0.15) is 15.8 Å². The van der Waals surface area contributed by atoms with Crippen LogP contribution >= 0.6 is 15.9 Å². The molecular formula is C21H20BrN5. The fraction of sp³-hybridized carbons (Fsp3) is 0.381. The van der Waals surface area contributed by atoms with Crippen LogP contribution in [0.25, 0.3) is 0 Å². The number of halogens is 1. The van der Waals surface area contributed by atoms with Gasteiger partial charge in [-0.1, -0.05) is 41.1 Å². The first-order valence-corrected chi connectivity index (χ1v) is 9.72. The van der Waals surface area contributed by atoms with E-state index in [-0.39, 0.29) is 17.5 Å². The normalized spacial score (nSPS) is 24.2. The molecule has 0 fully saturated rings. The molecule has 1 aliphatic carbocycles. The monoisotopic (exact) mass is 421 g/mol. The average molecular weight is 422 g/mol. The van der Waals surface area contributed by atoms with Crippen LogP contribution < -0.4 is 5.73 Å². The van der Waals surface area contributed by atoms with Crippen molar-refractivity contribution in [2.24, 2.45) is 17.1 Å². The summed E-state index contributed by atoms with van der Waals surface area (Å²) in [6.45, 7) is 4.43. The Morgan fingerprint density at radius 1 is 1.30 bits per heavy atom. The molecule has 136 valence electrons. The maximum absolute atomic E-state index is 9.89. The fourth-order valence-electron chi connectivity index (χ4n) is 4.27. The molecule has 3 rings (SSSR count). The van der Waals surface area contributed by atoms with Gasteiger partial charge in [-0.3, -0.25) is 4.90 Å². The third-order valence-corrected chi connectivity index (χ3v) is 5.96.